The van der Waals surface area contributed by atoms with E-state index in [1.54, 1.807) is 31.6 Å². The normalized spacial score (nSPS) is 13.7. The molecule has 0 bridgehead atoms. The largest absolute Gasteiger partial charge is 0.382 e. The molecule has 1 aromatic heterocycles. The molecule has 1 aliphatic heterocycles. The van der Waals surface area contributed by atoms with Gasteiger partial charge in [0.25, 0.3) is 0 Å². The summed E-state index contributed by atoms with van der Waals surface area (Å²) in [4.78, 5) is 37.0. The molecule has 32 heavy (non-hydrogen) atoms. The van der Waals surface area contributed by atoms with E-state index in [1.807, 2.05) is 23.1 Å². The monoisotopic (exact) mass is 442 g/mol. The van der Waals surface area contributed by atoms with Gasteiger partial charge in [-0.1, -0.05) is 12.1 Å². The van der Waals surface area contributed by atoms with Crippen LogP contribution in [-0.2, 0) is 20.9 Å². The minimum Gasteiger partial charge on any atom is -0.382 e. The molecule has 0 saturated carbocycles. The number of nitrogens with zero attached hydrogens (tertiary/aromatic N) is 4. The highest BCUT2D eigenvalue weighted by molar-refractivity contribution is 5.89. The Morgan fingerprint density at radius 1 is 1.06 bits per heavy atom. The lowest BCUT2D eigenvalue weighted by Crippen LogP contribution is -2.49. The van der Waals surface area contributed by atoms with E-state index in [9.17, 15) is 9.59 Å². The molecule has 2 aromatic rings. The topological polar surface area (TPSA) is 109 Å². The lowest BCUT2D eigenvalue weighted by Gasteiger charge is -2.34. The van der Waals surface area contributed by atoms with Crippen molar-refractivity contribution < 1.29 is 19.1 Å². The van der Waals surface area contributed by atoms with E-state index in [4.69, 9.17) is 9.47 Å². The van der Waals surface area contributed by atoms with Gasteiger partial charge in [0.15, 0.2) is 0 Å². The fourth-order valence-corrected chi connectivity index (χ4v) is 3.30. The van der Waals surface area contributed by atoms with E-state index in [2.05, 4.69) is 25.5 Å². The number of benzene rings is 1. The Balaban J connectivity index is 1.34. The predicted molar refractivity (Wildman–Crippen MR) is 120 cm³/mol. The van der Waals surface area contributed by atoms with E-state index >= 15 is 0 Å². The number of nitrogens with one attached hydrogen (secondary N) is 2. The standard InChI is InChI=1S/C22H30N6O4/c1-31-14-15-32-17-18-4-2-5-19(16-18)26-22(30)25-9-6-20(29)27-10-12-28(13-11-27)21-23-7-3-8-24-21/h2-5,7-8,16H,6,9-15,17H2,1H3,(H2,25,26,30). The number of ether oxygens (including phenoxy) is 2. The first-order valence-electron chi connectivity index (χ1n) is 10.7. The van der Waals surface area contributed by atoms with Gasteiger partial charge >= 0.3 is 6.03 Å². The van der Waals surface area contributed by atoms with Crippen LogP contribution in [0.3, 0.4) is 0 Å². The Kier molecular flexibility index (Phi) is 9.20. The summed E-state index contributed by atoms with van der Waals surface area (Å²) in [7, 11) is 1.63. The van der Waals surface area contributed by atoms with Crippen LogP contribution in [0.4, 0.5) is 16.4 Å². The molecule has 10 nitrogen and oxygen atoms in total. The molecule has 3 amide bonds. The van der Waals surface area contributed by atoms with Gasteiger partial charge in [0, 0.05) is 64.3 Å². The number of methoxy groups -OCH3 is 1. The summed E-state index contributed by atoms with van der Waals surface area (Å²) in [6, 6.07) is 8.88. The Hall–Kier alpha value is -3.24. The molecule has 0 unspecified atom stereocenters. The fraction of sp³-hybridized carbons (Fsp3) is 0.455. The van der Waals surface area contributed by atoms with Crippen molar-refractivity contribution in [3.8, 4) is 0 Å². The van der Waals surface area contributed by atoms with Crippen molar-refractivity contribution in [2.24, 2.45) is 0 Å². The van der Waals surface area contributed by atoms with Crippen LogP contribution in [0.25, 0.3) is 0 Å². The minimum atomic E-state index is -0.346. The summed E-state index contributed by atoms with van der Waals surface area (Å²) in [6.45, 7) is 4.37. The highest BCUT2D eigenvalue weighted by Gasteiger charge is 2.22. The van der Waals surface area contributed by atoms with Crippen LogP contribution >= 0.6 is 0 Å². The first-order valence-corrected chi connectivity index (χ1v) is 10.7. The van der Waals surface area contributed by atoms with Crippen molar-refractivity contribution in [3.63, 3.8) is 0 Å². The van der Waals surface area contributed by atoms with Crippen molar-refractivity contribution in [2.75, 3.05) is 63.3 Å². The average molecular weight is 443 g/mol. The highest BCUT2D eigenvalue weighted by atomic mass is 16.5. The molecule has 1 saturated heterocycles. The highest BCUT2D eigenvalue weighted by Crippen LogP contribution is 2.12. The van der Waals surface area contributed by atoms with Crippen molar-refractivity contribution >= 4 is 23.6 Å². The van der Waals surface area contributed by atoms with E-state index in [0.29, 0.717) is 57.6 Å². The number of piperazine rings is 1. The van der Waals surface area contributed by atoms with Gasteiger partial charge in [-0.2, -0.15) is 0 Å². The Bertz CT molecular complexity index is 859. The summed E-state index contributed by atoms with van der Waals surface area (Å²) >= 11 is 0. The molecular formula is C22H30N6O4. The van der Waals surface area contributed by atoms with Gasteiger partial charge < -0.3 is 29.9 Å². The zero-order chi connectivity index (χ0) is 22.6. The van der Waals surface area contributed by atoms with Crippen molar-refractivity contribution in [3.05, 3.63) is 48.3 Å². The molecule has 2 N–H and O–H groups in total. The van der Waals surface area contributed by atoms with Crippen LogP contribution in [0.5, 0.6) is 0 Å². The van der Waals surface area contributed by atoms with Gasteiger partial charge in [-0.25, -0.2) is 14.8 Å². The van der Waals surface area contributed by atoms with Gasteiger partial charge in [0.05, 0.1) is 19.8 Å². The molecule has 0 radical (unpaired) electrons. The zero-order valence-electron chi connectivity index (χ0n) is 18.3. The Morgan fingerprint density at radius 3 is 2.59 bits per heavy atom. The molecule has 1 fully saturated rings. The van der Waals surface area contributed by atoms with Crippen LogP contribution in [0.1, 0.15) is 12.0 Å². The summed E-state index contributed by atoms with van der Waals surface area (Å²) in [5.74, 6) is 0.706. The maximum Gasteiger partial charge on any atom is 0.319 e. The lowest BCUT2D eigenvalue weighted by molar-refractivity contribution is -0.131. The molecular weight excluding hydrogens is 412 g/mol. The number of hydrogen-bond donors (Lipinski definition) is 2. The molecule has 3 rings (SSSR count). The predicted octanol–water partition coefficient (Wildman–Crippen LogP) is 1.50. The molecule has 172 valence electrons. The maximum absolute atomic E-state index is 12.5. The zero-order valence-corrected chi connectivity index (χ0v) is 18.3. The molecule has 1 aromatic carbocycles. The number of carbonyl (C=O) groups excluding carboxylic acids is 2. The number of rotatable bonds is 10. The van der Waals surface area contributed by atoms with Crippen LogP contribution in [0.15, 0.2) is 42.7 Å². The number of aromatic nitrogens is 2. The van der Waals surface area contributed by atoms with E-state index < -0.39 is 0 Å². The number of hydrogen-bond acceptors (Lipinski definition) is 7. The Morgan fingerprint density at radius 2 is 1.84 bits per heavy atom. The third-order valence-corrected chi connectivity index (χ3v) is 4.98. The first-order chi connectivity index (χ1) is 15.7. The van der Waals surface area contributed by atoms with Crippen molar-refractivity contribution in [1.29, 1.82) is 0 Å². The van der Waals surface area contributed by atoms with Crippen LogP contribution < -0.4 is 15.5 Å². The van der Waals surface area contributed by atoms with Crippen molar-refractivity contribution in [2.45, 2.75) is 13.0 Å². The lowest BCUT2D eigenvalue weighted by atomic mass is 10.2. The number of carbonyl (C=O) groups is 2. The van der Waals surface area contributed by atoms with Crippen LogP contribution in [0, 0.1) is 0 Å². The second-order valence-corrected chi connectivity index (χ2v) is 7.29. The maximum atomic E-state index is 12.5. The third-order valence-electron chi connectivity index (χ3n) is 4.98. The van der Waals surface area contributed by atoms with Gasteiger partial charge in [0.2, 0.25) is 11.9 Å². The first kappa shape index (κ1) is 23.4. The molecule has 0 spiro atoms. The van der Waals surface area contributed by atoms with E-state index in [1.165, 1.54) is 0 Å². The molecule has 0 atom stereocenters. The van der Waals surface area contributed by atoms with Gasteiger partial charge in [-0.15, -0.1) is 0 Å². The SMILES string of the molecule is COCCOCc1cccc(NC(=O)NCCC(=O)N2CCN(c3ncccn3)CC2)c1. The van der Waals surface area contributed by atoms with Crippen molar-refractivity contribution in [1.82, 2.24) is 20.2 Å². The van der Waals surface area contributed by atoms with E-state index in [-0.39, 0.29) is 24.9 Å². The van der Waals surface area contributed by atoms with Crippen LogP contribution in [-0.4, -0.2) is 79.9 Å². The van der Waals surface area contributed by atoms with Gasteiger partial charge in [-0.05, 0) is 23.8 Å². The quantitative estimate of drug-likeness (QED) is 0.537. The van der Waals surface area contributed by atoms with Crippen LogP contribution in [0.2, 0.25) is 0 Å². The smallest absolute Gasteiger partial charge is 0.319 e. The second kappa shape index (κ2) is 12.6. The average Bonchev–Trinajstić information content (AvgIpc) is 2.83. The summed E-state index contributed by atoms with van der Waals surface area (Å²) in [5.41, 5.74) is 1.62. The summed E-state index contributed by atoms with van der Waals surface area (Å²) in [5, 5.41) is 5.52. The minimum absolute atomic E-state index is 0.0223. The summed E-state index contributed by atoms with van der Waals surface area (Å²) in [6.07, 6.45) is 3.68. The summed E-state index contributed by atoms with van der Waals surface area (Å²) < 4.78 is 10.4. The number of urea groups is 1. The van der Waals surface area contributed by atoms with Gasteiger partial charge in [-0.3, -0.25) is 4.79 Å². The molecule has 0 aliphatic carbocycles. The van der Waals surface area contributed by atoms with E-state index in [0.717, 1.165) is 5.56 Å². The molecule has 10 heteroatoms. The second-order valence-electron chi connectivity index (χ2n) is 7.29. The fourth-order valence-electron chi connectivity index (χ4n) is 3.30. The Labute approximate surface area is 187 Å². The third kappa shape index (κ3) is 7.47. The van der Waals surface area contributed by atoms with Gasteiger partial charge in [0.1, 0.15) is 0 Å². The number of anilines is 2. The molecule has 1 aliphatic rings. The number of amides is 3. The molecule has 2 heterocycles.